The summed E-state index contributed by atoms with van der Waals surface area (Å²) in [7, 11) is 1.50. The summed E-state index contributed by atoms with van der Waals surface area (Å²) in [6.07, 6.45) is -1.19. The van der Waals surface area contributed by atoms with E-state index in [1.165, 1.54) is 23.0 Å². The van der Waals surface area contributed by atoms with Gasteiger partial charge in [-0.05, 0) is 47.5 Å². The highest BCUT2D eigenvalue weighted by Crippen LogP contribution is 2.26. The number of benzene rings is 3. The van der Waals surface area contributed by atoms with E-state index in [4.69, 9.17) is 33.7 Å². The Hall–Kier alpha value is -3.79. The summed E-state index contributed by atoms with van der Waals surface area (Å²) in [6.45, 7) is 0.873. The largest absolute Gasteiger partial charge is 0.497 e. The number of hydrogen-bond acceptors (Lipinski definition) is 5. The predicted molar refractivity (Wildman–Crippen MR) is 146 cm³/mol. The van der Waals surface area contributed by atoms with Crippen molar-refractivity contribution in [2.75, 3.05) is 25.5 Å². The van der Waals surface area contributed by atoms with E-state index in [1.54, 1.807) is 36.4 Å². The first kappa shape index (κ1) is 27.3. The van der Waals surface area contributed by atoms with E-state index < -0.39 is 24.0 Å². The molecular weight excluding hydrogens is 529 g/mol. The topological polar surface area (TPSA) is 117 Å². The van der Waals surface area contributed by atoms with Crippen LogP contribution in [0.15, 0.2) is 66.7 Å². The Morgan fingerprint density at radius 2 is 1.68 bits per heavy atom. The van der Waals surface area contributed by atoms with Crippen molar-refractivity contribution in [3.05, 3.63) is 93.5 Å². The molecular formula is C27H27Cl2N5O4. The number of carbonyl (C=O) groups excluding carboxylic acids is 3. The first-order valence-electron chi connectivity index (χ1n) is 11.8. The molecule has 1 aliphatic rings. The molecule has 4 N–H and O–H groups in total. The molecule has 0 radical (unpaired) electrons. The number of ether oxygens (including phenoxy) is 1. The van der Waals surface area contributed by atoms with Crippen molar-refractivity contribution in [3.63, 3.8) is 0 Å². The summed E-state index contributed by atoms with van der Waals surface area (Å²) in [5.41, 5.74) is 8.24. The van der Waals surface area contributed by atoms with Crippen molar-refractivity contribution in [2.24, 2.45) is 5.73 Å². The number of carbonyl (C=O) groups is 3. The van der Waals surface area contributed by atoms with E-state index >= 15 is 0 Å². The zero-order chi connectivity index (χ0) is 27.2. The van der Waals surface area contributed by atoms with Crippen LogP contribution in [0.5, 0.6) is 5.75 Å². The Morgan fingerprint density at radius 3 is 2.42 bits per heavy atom. The first-order chi connectivity index (χ1) is 18.3. The molecule has 1 atom stereocenters. The second-order valence-electron chi connectivity index (χ2n) is 8.60. The number of nitrogens with two attached hydrogens (primary N) is 1. The highest BCUT2D eigenvalue weighted by Gasteiger charge is 2.43. The molecule has 11 heteroatoms. The lowest BCUT2D eigenvalue weighted by Gasteiger charge is -2.29. The summed E-state index contributed by atoms with van der Waals surface area (Å²) in [6, 6.07) is 18.2. The van der Waals surface area contributed by atoms with Crippen LogP contribution in [-0.2, 0) is 17.9 Å². The number of halogens is 2. The fourth-order valence-corrected chi connectivity index (χ4v) is 4.47. The van der Waals surface area contributed by atoms with Crippen molar-refractivity contribution >= 4 is 46.7 Å². The van der Waals surface area contributed by atoms with E-state index in [9.17, 15) is 14.4 Å². The normalized spacial score (nSPS) is 14.8. The fourth-order valence-electron chi connectivity index (χ4n) is 4.17. The lowest BCUT2D eigenvalue weighted by molar-refractivity contribution is -0.128. The lowest BCUT2D eigenvalue weighted by atomic mass is 10.1. The third kappa shape index (κ3) is 6.19. The predicted octanol–water partition coefficient (Wildman–Crippen LogP) is 4.09. The Balaban J connectivity index is 1.58. The van der Waals surface area contributed by atoms with Crippen LogP contribution in [0.2, 0.25) is 10.0 Å². The Labute approximate surface area is 230 Å². The molecule has 0 bridgehead atoms. The third-order valence-electron chi connectivity index (χ3n) is 6.11. The highest BCUT2D eigenvalue weighted by atomic mass is 35.5. The van der Waals surface area contributed by atoms with Gasteiger partial charge in [-0.25, -0.2) is 4.79 Å². The van der Waals surface area contributed by atoms with Crippen molar-refractivity contribution in [1.29, 1.82) is 0 Å². The van der Waals surface area contributed by atoms with Crippen molar-refractivity contribution < 1.29 is 19.1 Å². The minimum absolute atomic E-state index is 0.142. The van der Waals surface area contributed by atoms with E-state index in [2.05, 4.69) is 10.6 Å². The van der Waals surface area contributed by atoms with Gasteiger partial charge in [0, 0.05) is 37.4 Å². The summed E-state index contributed by atoms with van der Waals surface area (Å²) < 4.78 is 5.24. The molecule has 9 nitrogen and oxygen atoms in total. The minimum Gasteiger partial charge on any atom is -0.497 e. The van der Waals surface area contributed by atoms with Crippen LogP contribution in [-0.4, -0.2) is 54.0 Å². The number of anilines is 1. The van der Waals surface area contributed by atoms with Crippen LogP contribution in [0.25, 0.3) is 0 Å². The molecule has 1 fully saturated rings. The third-order valence-corrected chi connectivity index (χ3v) is 6.85. The Morgan fingerprint density at radius 1 is 0.947 bits per heavy atom. The molecule has 4 rings (SSSR count). The molecule has 4 amide bonds. The fraction of sp³-hybridized carbons (Fsp3) is 0.222. The molecule has 0 saturated carbocycles. The minimum atomic E-state index is -1.19. The SMILES string of the molecule is COc1cccc(C(=O)N2CCN(C(=O)Nc3ccc(Cl)c(Cl)c3)C2C(=O)NCc2cccc(CN)c2)c1. The summed E-state index contributed by atoms with van der Waals surface area (Å²) >= 11 is 12.1. The summed E-state index contributed by atoms with van der Waals surface area (Å²) in [4.78, 5) is 42.9. The van der Waals surface area contributed by atoms with E-state index in [-0.39, 0.29) is 24.7 Å². The van der Waals surface area contributed by atoms with Gasteiger partial charge in [-0.3, -0.25) is 14.5 Å². The number of urea groups is 1. The molecule has 1 heterocycles. The zero-order valence-electron chi connectivity index (χ0n) is 20.6. The van der Waals surface area contributed by atoms with Crippen LogP contribution in [0.4, 0.5) is 10.5 Å². The number of methoxy groups -OCH3 is 1. The molecule has 3 aromatic carbocycles. The second-order valence-corrected chi connectivity index (χ2v) is 9.41. The average Bonchev–Trinajstić information content (AvgIpc) is 3.39. The lowest BCUT2D eigenvalue weighted by Crippen LogP contribution is -2.54. The highest BCUT2D eigenvalue weighted by molar-refractivity contribution is 6.42. The van der Waals surface area contributed by atoms with Crippen LogP contribution in [0, 0.1) is 0 Å². The number of nitrogens with zero attached hydrogens (tertiary/aromatic N) is 2. The summed E-state index contributed by atoms with van der Waals surface area (Å²) in [5.74, 6) is -0.398. The Bertz CT molecular complexity index is 1350. The van der Waals surface area contributed by atoms with Gasteiger partial charge in [-0.15, -0.1) is 0 Å². The molecule has 38 heavy (non-hydrogen) atoms. The zero-order valence-corrected chi connectivity index (χ0v) is 22.1. The van der Waals surface area contributed by atoms with Crippen molar-refractivity contribution in [3.8, 4) is 5.75 Å². The van der Waals surface area contributed by atoms with Crippen LogP contribution >= 0.6 is 23.2 Å². The molecule has 0 aromatic heterocycles. The monoisotopic (exact) mass is 555 g/mol. The quantitative estimate of drug-likeness (QED) is 0.406. The average molecular weight is 556 g/mol. The molecule has 3 aromatic rings. The number of nitrogens with one attached hydrogen (secondary N) is 2. The van der Waals surface area contributed by atoms with Crippen LogP contribution < -0.4 is 21.1 Å². The van der Waals surface area contributed by atoms with Crippen LogP contribution in [0.3, 0.4) is 0 Å². The van der Waals surface area contributed by atoms with Crippen molar-refractivity contribution in [1.82, 2.24) is 15.1 Å². The van der Waals surface area contributed by atoms with Crippen LogP contribution in [0.1, 0.15) is 21.5 Å². The van der Waals surface area contributed by atoms with Gasteiger partial charge in [-0.2, -0.15) is 0 Å². The van der Waals surface area contributed by atoms with E-state index in [0.717, 1.165) is 11.1 Å². The molecule has 1 aliphatic heterocycles. The van der Waals surface area contributed by atoms with Crippen molar-refractivity contribution in [2.45, 2.75) is 19.3 Å². The molecule has 0 aliphatic carbocycles. The van der Waals surface area contributed by atoms with E-state index in [1.807, 2.05) is 24.3 Å². The van der Waals surface area contributed by atoms with Gasteiger partial charge in [0.1, 0.15) is 5.75 Å². The summed E-state index contributed by atoms with van der Waals surface area (Å²) in [5, 5.41) is 6.21. The first-order valence-corrected chi connectivity index (χ1v) is 12.6. The maximum Gasteiger partial charge on any atom is 0.323 e. The van der Waals surface area contributed by atoms with E-state index in [0.29, 0.717) is 28.6 Å². The van der Waals surface area contributed by atoms with Gasteiger partial charge in [0.15, 0.2) is 6.17 Å². The number of hydrogen-bond donors (Lipinski definition) is 3. The molecule has 0 spiro atoms. The van der Waals surface area contributed by atoms with Gasteiger partial charge in [0.25, 0.3) is 11.8 Å². The molecule has 1 unspecified atom stereocenters. The smallest absolute Gasteiger partial charge is 0.323 e. The Kier molecular flexibility index (Phi) is 8.73. The maximum absolute atomic E-state index is 13.5. The number of rotatable bonds is 7. The molecule has 1 saturated heterocycles. The van der Waals surface area contributed by atoms with Gasteiger partial charge in [0.2, 0.25) is 0 Å². The van der Waals surface area contributed by atoms with Gasteiger partial charge in [0.05, 0.1) is 17.2 Å². The van der Waals surface area contributed by atoms with Gasteiger partial charge >= 0.3 is 6.03 Å². The standard InChI is InChI=1S/C27H27Cl2N5O4/c1-38-21-7-3-6-19(13-21)26(36)33-10-11-34(27(37)32-20-8-9-22(28)23(29)14-20)25(33)24(35)31-16-18-5-2-4-17(12-18)15-30/h2-9,12-14,25H,10-11,15-16,30H2,1H3,(H,31,35)(H,32,37). The maximum atomic E-state index is 13.5. The molecule has 198 valence electrons. The van der Waals surface area contributed by atoms with Gasteiger partial charge in [-0.1, -0.05) is 53.5 Å². The van der Waals surface area contributed by atoms with Gasteiger partial charge < -0.3 is 26.0 Å². The second kappa shape index (κ2) is 12.2. The number of amides is 4.